The van der Waals surface area contributed by atoms with Gasteiger partial charge in [0.05, 0.1) is 13.2 Å². The van der Waals surface area contributed by atoms with Gasteiger partial charge in [-0.05, 0) is 92.2 Å². The number of rotatable bonds is 11. The molecular weight excluding hydrogens is 492 g/mol. The van der Waals surface area contributed by atoms with Crippen molar-refractivity contribution in [1.29, 1.82) is 0 Å². The molecule has 1 aliphatic carbocycles. The molecule has 0 amide bonds. The summed E-state index contributed by atoms with van der Waals surface area (Å²) < 4.78 is 69.5. The highest BCUT2D eigenvalue weighted by Gasteiger charge is 2.27. The van der Waals surface area contributed by atoms with Gasteiger partial charge in [-0.1, -0.05) is 50.1 Å². The molecule has 0 N–H and O–H groups in total. The smallest absolute Gasteiger partial charge is 0.201 e. The summed E-state index contributed by atoms with van der Waals surface area (Å²) in [6, 6.07) is 13.7. The molecule has 0 heterocycles. The SMILES string of the molecule is CCCCCc1ccc(-c2ccc(OCC3CCC(c4ccc(OCC)c(F)c4F)CC3)c(F)c2F)cc1. The van der Waals surface area contributed by atoms with E-state index < -0.39 is 23.3 Å². The van der Waals surface area contributed by atoms with E-state index in [1.807, 2.05) is 24.3 Å². The van der Waals surface area contributed by atoms with Crippen molar-refractivity contribution in [3.8, 4) is 22.6 Å². The summed E-state index contributed by atoms with van der Waals surface area (Å²) in [5.41, 5.74) is 2.39. The lowest BCUT2D eigenvalue weighted by molar-refractivity contribution is 0.191. The average Bonchev–Trinajstić information content (AvgIpc) is 2.93. The first-order valence-electron chi connectivity index (χ1n) is 13.7. The second-order valence-corrected chi connectivity index (χ2v) is 10.1. The van der Waals surface area contributed by atoms with Crippen LogP contribution in [0.3, 0.4) is 0 Å². The number of hydrogen-bond donors (Lipinski definition) is 0. The van der Waals surface area contributed by atoms with Crippen molar-refractivity contribution < 1.29 is 27.0 Å². The molecule has 1 aliphatic rings. The summed E-state index contributed by atoms with van der Waals surface area (Å²) in [5.74, 6) is -3.85. The lowest BCUT2D eigenvalue weighted by atomic mass is 9.79. The quantitative estimate of drug-likeness (QED) is 0.182. The topological polar surface area (TPSA) is 18.5 Å². The highest BCUT2D eigenvalue weighted by Crippen LogP contribution is 2.39. The standard InChI is InChI=1S/C32H36F4O2/c1-3-5-6-7-21-8-12-23(13-9-21)26-17-19-28(32(36)30(26)34)38-20-22-10-14-24(15-11-22)25-16-18-27(37-4-2)31(35)29(25)33/h8-9,12-13,16-19,22,24H,3-7,10-11,14-15,20H2,1-2H3. The number of halogens is 4. The van der Waals surface area contributed by atoms with E-state index in [9.17, 15) is 17.6 Å². The largest absolute Gasteiger partial charge is 0.491 e. The minimum atomic E-state index is -0.991. The van der Waals surface area contributed by atoms with E-state index >= 15 is 0 Å². The van der Waals surface area contributed by atoms with E-state index in [4.69, 9.17) is 9.47 Å². The van der Waals surface area contributed by atoms with Crippen molar-refractivity contribution in [2.45, 2.75) is 71.1 Å². The first-order chi connectivity index (χ1) is 18.4. The maximum Gasteiger partial charge on any atom is 0.201 e. The Bertz CT molecular complexity index is 1200. The number of unbranched alkanes of at least 4 members (excludes halogenated alkanes) is 2. The van der Waals surface area contributed by atoms with E-state index in [2.05, 4.69) is 6.92 Å². The first-order valence-corrected chi connectivity index (χ1v) is 13.7. The van der Waals surface area contributed by atoms with Crippen LogP contribution < -0.4 is 9.47 Å². The van der Waals surface area contributed by atoms with Crippen LogP contribution in [0.2, 0.25) is 0 Å². The zero-order valence-corrected chi connectivity index (χ0v) is 22.2. The Morgan fingerprint density at radius 2 is 1.34 bits per heavy atom. The highest BCUT2D eigenvalue weighted by atomic mass is 19.2. The molecule has 0 bridgehead atoms. The fourth-order valence-corrected chi connectivity index (χ4v) is 5.27. The molecule has 0 aliphatic heterocycles. The minimum absolute atomic E-state index is 0.0736. The molecule has 0 atom stereocenters. The Kier molecular flexibility index (Phi) is 9.70. The Morgan fingerprint density at radius 3 is 2.03 bits per heavy atom. The van der Waals surface area contributed by atoms with Gasteiger partial charge in [-0.3, -0.25) is 0 Å². The van der Waals surface area contributed by atoms with Crippen LogP contribution in [0.5, 0.6) is 11.5 Å². The molecular formula is C32H36F4O2. The van der Waals surface area contributed by atoms with Crippen LogP contribution in [0.1, 0.15) is 75.8 Å². The predicted octanol–water partition coefficient (Wildman–Crippen LogP) is 9.39. The number of hydrogen-bond acceptors (Lipinski definition) is 2. The van der Waals surface area contributed by atoms with Gasteiger partial charge in [0.15, 0.2) is 23.1 Å². The molecule has 3 aromatic carbocycles. The predicted molar refractivity (Wildman–Crippen MR) is 143 cm³/mol. The highest BCUT2D eigenvalue weighted by molar-refractivity contribution is 5.65. The third-order valence-corrected chi connectivity index (χ3v) is 7.52. The van der Waals surface area contributed by atoms with Gasteiger partial charge < -0.3 is 9.47 Å². The Morgan fingerprint density at radius 1 is 0.684 bits per heavy atom. The maximum atomic E-state index is 14.9. The molecule has 204 valence electrons. The number of benzene rings is 3. The third kappa shape index (κ3) is 6.51. The van der Waals surface area contributed by atoms with Crippen LogP contribution >= 0.6 is 0 Å². The Balaban J connectivity index is 1.33. The summed E-state index contributed by atoms with van der Waals surface area (Å²) in [5, 5.41) is 0. The second kappa shape index (κ2) is 13.2. The summed E-state index contributed by atoms with van der Waals surface area (Å²) in [4.78, 5) is 0. The Labute approximate surface area is 223 Å². The number of aryl methyl sites for hydroxylation is 1. The van der Waals surface area contributed by atoms with E-state index in [1.165, 1.54) is 24.1 Å². The van der Waals surface area contributed by atoms with Crippen LogP contribution in [0.4, 0.5) is 17.6 Å². The van der Waals surface area contributed by atoms with Gasteiger partial charge in [0.1, 0.15) is 0 Å². The third-order valence-electron chi connectivity index (χ3n) is 7.52. The molecule has 2 nitrogen and oxygen atoms in total. The zero-order valence-electron chi connectivity index (χ0n) is 22.2. The lowest BCUT2D eigenvalue weighted by Gasteiger charge is -2.29. The van der Waals surface area contributed by atoms with Crippen LogP contribution in [0.25, 0.3) is 11.1 Å². The van der Waals surface area contributed by atoms with Crippen LogP contribution in [0, 0.1) is 29.2 Å². The normalized spacial score (nSPS) is 17.4. The van der Waals surface area contributed by atoms with Gasteiger partial charge in [-0.15, -0.1) is 0 Å². The van der Waals surface area contributed by atoms with Gasteiger partial charge in [0.2, 0.25) is 11.6 Å². The average molecular weight is 529 g/mol. The van der Waals surface area contributed by atoms with Crippen LogP contribution in [-0.4, -0.2) is 13.2 Å². The maximum absolute atomic E-state index is 14.9. The van der Waals surface area contributed by atoms with Gasteiger partial charge in [0.25, 0.3) is 0 Å². The van der Waals surface area contributed by atoms with E-state index in [1.54, 1.807) is 19.1 Å². The van der Waals surface area contributed by atoms with Gasteiger partial charge in [-0.2, -0.15) is 8.78 Å². The molecule has 38 heavy (non-hydrogen) atoms. The second-order valence-electron chi connectivity index (χ2n) is 10.1. The first kappa shape index (κ1) is 28.0. The van der Waals surface area contributed by atoms with Crippen molar-refractivity contribution in [1.82, 2.24) is 0 Å². The van der Waals surface area contributed by atoms with Crippen LogP contribution in [0.15, 0.2) is 48.5 Å². The monoisotopic (exact) mass is 528 g/mol. The van der Waals surface area contributed by atoms with Crippen molar-refractivity contribution in [2.75, 3.05) is 13.2 Å². The van der Waals surface area contributed by atoms with Gasteiger partial charge >= 0.3 is 0 Å². The summed E-state index contributed by atoms with van der Waals surface area (Å²) >= 11 is 0. The molecule has 3 aromatic rings. The molecule has 1 fully saturated rings. The summed E-state index contributed by atoms with van der Waals surface area (Å²) in [6.45, 7) is 4.39. The molecule has 0 saturated heterocycles. The van der Waals surface area contributed by atoms with Crippen molar-refractivity contribution in [3.63, 3.8) is 0 Å². The number of ether oxygens (including phenoxy) is 2. The molecule has 6 heteroatoms. The Hall–Kier alpha value is -3.02. The minimum Gasteiger partial charge on any atom is -0.491 e. The van der Waals surface area contributed by atoms with Crippen molar-refractivity contribution in [3.05, 3.63) is 82.9 Å². The molecule has 0 spiro atoms. The fraction of sp³-hybridized carbons (Fsp3) is 0.438. The van der Waals surface area contributed by atoms with E-state index in [-0.39, 0.29) is 42.1 Å². The molecule has 0 radical (unpaired) electrons. The van der Waals surface area contributed by atoms with Crippen molar-refractivity contribution in [2.24, 2.45) is 5.92 Å². The van der Waals surface area contributed by atoms with Crippen molar-refractivity contribution >= 4 is 0 Å². The lowest BCUT2D eigenvalue weighted by Crippen LogP contribution is -2.20. The van der Waals surface area contributed by atoms with Gasteiger partial charge in [-0.25, -0.2) is 8.78 Å². The zero-order chi connectivity index (χ0) is 27.1. The summed E-state index contributed by atoms with van der Waals surface area (Å²) in [7, 11) is 0. The van der Waals surface area contributed by atoms with E-state index in [0.29, 0.717) is 24.0 Å². The molecule has 0 unspecified atom stereocenters. The van der Waals surface area contributed by atoms with E-state index in [0.717, 1.165) is 32.1 Å². The van der Waals surface area contributed by atoms with Crippen LogP contribution in [-0.2, 0) is 6.42 Å². The summed E-state index contributed by atoms with van der Waals surface area (Å²) in [6.07, 6.45) is 7.22. The molecule has 4 rings (SSSR count). The van der Waals surface area contributed by atoms with Gasteiger partial charge in [0, 0.05) is 5.56 Å². The molecule has 0 aromatic heterocycles. The molecule has 1 saturated carbocycles. The fourth-order valence-electron chi connectivity index (χ4n) is 5.27.